The Kier molecular flexibility index (Phi) is 10.2. The second-order valence-electron chi connectivity index (χ2n) is 9.17. The van der Waals surface area contributed by atoms with Gasteiger partial charge in [0.25, 0.3) is 5.91 Å². The van der Waals surface area contributed by atoms with E-state index in [1.54, 1.807) is 62.4 Å². The van der Waals surface area contributed by atoms with Crippen LogP contribution in [0.15, 0.2) is 69.3 Å². The Morgan fingerprint density at radius 3 is 2.59 bits per heavy atom. The quantitative estimate of drug-likeness (QED) is 0.162. The number of esters is 2. The topological polar surface area (TPSA) is 167 Å². The van der Waals surface area contributed by atoms with E-state index in [9.17, 15) is 19.2 Å². The van der Waals surface area contributed by atoms with E-state index in [0.29, 0.717) is 28.3 Å². The van der Waals surface area contributed by atoms with Crippen molar-refractivity contribution in [2.24, 2.45) is 5.10 Å². The third-order valence-corrected chi connectivity index (χ3v) is 6.64. The molecule has 2 heterocycles. The lowest BCUT2D eigenvalue weighted by Crippen LogP contribution is -2.45. The number of furan rings is 1. The highest BCUT2D eigenvalue weighted by atomic mass is 35.5. The van der Waals surface area contributed by atoms with E-state index in [0.717, 1.165) is 0 Å². The van der Waals surface area contributed by atoms with Gasteiger partial charge < -0.3 is 34.0 Å². The zero-order chi connectivity index (χ0) is 31.8. The fourth-order valence-corrected chi connectivity index (χ4v) is 4.47. The molecule has 1 aliphatic heterocycles. The molecule has 1 aromatic heterocycles. The van der Waals surface area contributed by atoms with Crippen molar-refractivity contribution in [3.05, 3.63) is 81.7 Å². The van der Waals surface area contributed by atoms with Gasteiger partial charge in [-0.3, -0.25) is 4.79 Å². The highest BCUT2D eigenvalue weighted by molar-refractivity contribution is 6.33. The number of hydrogen-bond acceptors (Lipinski definition) is 10. The van der Waals surface area contributed by atoms with Gasteiger partial charge in [0.15, 0.2) is 18.1 Å². The number of allylic oxidation sites excluding steroid dienone is 1. The van der Waals surface area contributed by atoms with Gasteiger partial charge in [0.05, 0.1) is 49.2 Å². The number of nitrogens with zero attached hydrogens (tertiary/aromatic N) is 1. The highest BCUT2D eigenvalue weighted by Gasteiger charge is 2.32. The van der Waals surface area contributed by atoms with E-state index < -0.39 is 36.5 Å². The summed E-state index contributed by atoms with van der Waals surface area (Å²) in [6, 6.07) is 11.6. The van der Waals surface area contributed by atoms with Gasteiger partial charge in [-0.2, -0.15) is 5.10 Å². The van der Waals surface area contributed by atoms with Gasteiger partial charge >= 0.3 is 18.0 Å². The second kappa shape index (κ2) is 14.2. The zero-order valence-corrected chi connectivity index (χ0v) is 24.9. The summed E-state index contributed by atoms with van der Waals surface area (Å²) in [6.07, 6.45) is 1.30. The molecule has 3 aromatic rings. The number of urea groups is 1. The van der Waals surface area contributed by atoms with E-state index in [1.165, 1.54) is 20.4 Å². The Morgan fingerprint density at radius 2 is 1.86 bits per heavy atom. The summed E-state index contributed by atoms with van der Waals surface area (Å²) in [5.74, 6) is -0.399. The molecule has 0 unspecified atom stereocenters. The van der Waals surface area contributed by atoms with Gasteiger partial charge in [-0.25, -0.2) is 19.8 Å². The second-order valence-corrected chi connectivity index (χ2v) is 9.58. The molecule has 3 N–H and O–H groups in total. The number of hydrazone groups is 1. The number of ether oxygens (including phenoxy) is 4. The number of carbonyl (C=O) groups is 4. The standard InChI is InChI=1S/C30H29ClN4O9/c1-5-42-29(38)26-16(2)33-30(39)34-27(26)18-7-10-23(24(13-18)40-3)43-15-25(36)35-32-14-19-8-11-22(44-19)17-6-9-21(31)20(12-17)28(37)41-4/h6-14,27H,5,15H2,1-4H3,(H,35,36)(H2,33,34,39)/t27-/m1/s1. The van der Waals surface area contributed by atoms with Crippen LogP contribution >= 0.6 is 11.6 Å². The molecule has 3 amide bonds. The molecule has 4 rings (SSSR count). The maximum atomic E-state index is 12.6. The summed E-state index contributed by atoms with van der Waals surface area (Å²) in [4.78, 5) is 49.0. The number of benzene rings is 2. The maximum Gasteiger partial charge on any atom is 0.339 e. The minimum absolute atomic E-state index is 0.170. The van der Waals surface area contributed by atoms with Gasteiger partial charge in [0.2, 0.25) is 0 Å². The summed E-state index contributed by atoms with van der Waals surface area (Å²) in [5.41, 5.74) is 4.30. The van der Waals surface area contributed by atoms with Crippen molar-refractivity contribution >= 4 is 41.7 Å². The van der Waals surface area contributed by atoms with Gasteiger partial charge in [-0.1, -0.05) is 17.7 Å². The lowest BCUT2D eigenvalue weighted by Gasteiger charge is -2.28. The van der Waals surface area contributed by atoms with Crippen LogP contribution in [-0.2, 0) is 19.1 Å². The summed E-state index contributed by atoms with van der Waals surface area (Å²) < 4.78 is 26.7. The minimum Gasteiger partial charge on any atom is -0.493 e. The first-order valence-electron chi connectivity index (χ1n) is 13.2. The van der Waals surface area contributed by atoms with Gasteiger partial charge in [-0.05, 0) is 61.9 Å². The number of hydrogen-bond donors (Lipinski definition) is 3. The zero-order valence-electron chi connectivity index (χ0n) is 24.2. The smallest absolute Gasteiger partial charge is 0.339 e. The number of amides is 3. The van der Waals surface area contributed by atoms with E-state index >= 15 is 0 Å². The van der Waals surface area contributed by atoms with Crippen LogP contribution in [0.4, 0.5) is 4.79 Å². The lowest BCUT2D eigenvalue weighted by atomic mass is 9.95. The van der Waals surface area contributed by atoms with E-state index in [4.69, 9.17) is 35.0 Å². The van der Waals surface area contributed by atoms with E-state index in [2.05, 4.69) is 21.2 Å². The van der Waals surface area contributed by atoms with Crippen molar-refractivity contribution in [3.63, 3.8) is 0 Å². The first-order chi connectivity index (χ1) is 21.1. The fourth-order valence-electron chi connectivity index (χ4n) is 4.27. The molecule has 0 spiro atoms. The molecule has 2 aromatic carbocycles. The molecule has 0 radical (unpaired) electrons. The summed E-state index contributed by atoms with van der Waals surface area (Å²) >= 11 is 6.07. The van der Waals surface area contributed by atoms with Crippen molar-refractivity contribution in [1.29, 1.82) is 0 Å². The molecule has 44 heavy (non-hydrogen) atoms. The Morgan fingerprint density at radius 1 is 1.07 bits per heavy atom. The Hall–Kier alpha value is -5.30. The largest absolute Gasteiger partial charge is 0.493 e. The first-order valence-corrected chi connectivity index (χ1v) is 13.6. The van der Waals surface area contributed by atoms with Gasteiger partial charge in [0.1, 0.15) is 11.5 Å². The van der Waals surface area contributed by atoms with Crippen LogP contribution in [0, 0.1) is 0 Å². The summed E-state index contributed by atoms with van der Waals surface area (Å²) in [7, 11) is 2.68. The van der Waals surface area contributed by atoms with Crippen molar-refractivity contribution in [3.8, 4) is 22.8 Å². The van der Waals surface area contributed by atoms with Crippen LogP contribution in [0.2, 0.25) is 5.02 Å². The molecule has 1 aliphatic rings. The van der Waals surface area contributed by atoms with Crippen LogP contribution in [-0.4, -0.2) is 57.5 Å². The molecule has 0 bridgehead atoms. The molecule has 13 nitrogen and oxygen atoms in total. The maximum absolute atomic E-state index is 12.6. The molecule has 0 aliphatic carbocycles. The van der Waals surface area contributed by atoms with Crippen LogP contribution in [0.5, 0.6) is 11.5 Å². The average molecular weight is 625 g/mol. The molecule has 230 valence electrons. The van der Waals surface area contributed by atoms with Crippen molar-refractivity contribution in [2.75, 3.05) is 27.4 Å². The number of methoxy groups -OCH3 is 2. The number of carbonyl (C=O) groups excluding carboxylic acids is 4. The Labute approximate surface area is 257 Å². The van der Waals surface area contributed by atoms with Crippen molar-refractivity contribution < 1.29 is 42.5 Å². The number of nitrogens with one attached hydrogen (secondary N) is 3. The van der Waals surface area contributed by atoms with E-state index in [-0.39, 0.29) is 34.3 Å². The molecule has 14 heteroatoms. The SMILES string of the molecule is CCOC(=O)C1=C(C)NC(=O)N[C@@H]1c1ccc(OCC(=O)NN=Cc2ccc(-c3ccc(Cl)c(C(=O)OC)c3)o2)c(OC)c1. The molecular weight excluding hydrogens is 596 g/mol. The number of rotatable bonds is 11. The van der Waals surface area contributed by atoms with E-state index in [1.807, 2.05) is 0 Å². The van der Waals surface area contributed by atoms with Gasteiger partial charge in [-0.15, -0.1) is 0 Å². The fraction of sp³-hybridized carbons (Fsp3) is 0.233. The predicted octanol–water partition coefficient (Wildman–Crippen LogP) is 4.12. The summed E-state index contributed by atoms with van der Waals surface area (Å²) in [6.45, 7) is 3.08. The first kappa shape index (κ1) is 31.6. The molecule has 1 atom stereocenters. The predicted molar refractivity (Wildman–Crippen MR) is 158 cm³/mol. The molecule has 0 saturated heterocycles. The van der Waals surface area contributed by atoms with Crippen LogP contribution in [0.25, 0.3) is 11.3 Å². The van der Waals surface area contributed by atoms with Crippen molar-refractivity contribution in [2.45, 2.75) is 19.9 Å². The number of halogens is 1. The lowest BCUT2D eigenvalue weighted by molar-refractivity contribution is -0.139. The Bertz CT molecular complexity index is 1650. The monoisotopic (exact) mass is 624 g/mol. The highest BCUT2D eigenvalue weighted by Crippen LogP contribution is 2.34. The third kappa shape index (κ3) is 7.36. The molecule has 0 saturated carbocycles. The van der Waals surface area contributed by atoms with Crippen LogP contribution < -0.4 is 25.5 Å². The third-order valence-electron chi connectivity index (χ3n) is 6.31. The average Bonchev–Trinajstić information content (AvgIpc) is 3.48. The van der Waals surface area contributed by atoms with Gasteiger partial charge in [0, 0.05) is 11.3 Å². The molecule has 0 fully saturated rings. The normalized spacial score (nSPS) is 14.5. The molecular formula is C30H29ClN4O9. The van der Waals surface area contributed by atoms with Crippen LogP contribution in [0.3, 0.4) is 0 Å². The van der Waals surface area contributed by atoms with Crippen molar-refractivity contribution in [1.82, 2.24) is 16.1 Å². The Balaban J connectivity index is 1.38. The summed E-state index contributed by atoms with van der Waals surface area (Å²) in [5, 5.41) is 9.43. The van der Waals surface area contributed by atoms with Crippen LogP contribution in [0.1, 0.15) is 41.6 Å². The minimum atomic E-state index is -0.792.